The molecule has 0 fully saturated rings. The first-order chi connectivity index (χ1) is 12.4. The molecule has 1 atom stereocenters. The largest absolute Gasteiger partial charge is 0.302 e. The maximum absolute atomic E-state index is 11.6. The lowest BCUT2D eigenvalue weighted by Crippen LogP contribution is -2.20. The van der Waals surface area contributed by atoms with Crippen LogP contribution in [0.3, 0.4) is 0 Å². The minimum Gasteiger partial charge on any atom is -0.302 e. The van der Waals surface area contributed by atoms with Gasteiger partial charge in [0.25, 0.3) is 5.56 Å². The summed E-state index contributed by atoms with van der Waals surface area (Å²) in [5, 5.41) is 6.64. The predicted molar refractivity (Wildman–Crippen MR) is 110 cm³/mol. The molecule has 0 aliphatic heterocycles. The number of aryl methyl sites for hydroxylation is 2. The van der Waals surface area contributed by atoms with E-state index in [1.165, 1.54) is 10.2 Å². The molecule has 0 saturated heterocycles. The van der Waals surface area contributed by atoms with Crippen LogP contribution in [0.2, 0.25) is 5.02 Å². The topological polar surface area (TPSA) is 38.1 Å². The summed E-state index contributed by atoms with van der Waals surface area (Å²) in [6, 6.07) is 16.0. The summed E-state index contributed by atoms with van der Waals surface area (Å²) >= 11 is 6.12. The molecule has 1 unspecified atom stereocenters. The molecule has 1 aromatic heterocycles. The van der Waals surface area contributed by atoms with Crippen molar-refractivity contribution < 1.29 is 0 Å². The Bertz CT molecular complexity index is 934. The van der Waals surface area contributed by atoms with Crippen molar-refractivity contribution in [2.75, 3.05) is 14.1 Å². The monoisotopic (exact) mass is 371 g/mol. The molecular weight excluding hydrogens is 346 g/mol. The second-order valence-corrected chi connectivity index (χ2v) is 6.88. The van der Waals surface area contributed by atoms with Crippen molar-refractivity contribution in [3.05, 3.63) is 75.2 Å². The standard InChI is InChI=1S/C11H16ClN.C10H10N2O/c1-4-11(13(2)3)9-7-5-6-8-10(9)12;1-7-8-5-3-4-6-9(8)10(13)12(2)11-7/h5-8,11H,4H2,1-3H3;3-6H,1-2H3. The van der Waals surface area contributed by atoms with E-state index in [-0.39, 0.29) is 5.56 Å². The molecule has 0 aliphatic rings. The summed E-state index contributed by atoms with van der Waals surface area (Å²) in [7, 11) is 5.83. The van der Waals surface area contributed by atoms with Gasteiger partial charge in [0.2, 0.25) is 0 Å². The summed E-state index contributed by atoms with van der Waals surface area (Å²) in [6.07, 6.45) is 1.08. The Morgan fingerprint density at radius 3 is 2.23 bits per heavy atom. The van der Waals surface area contributed by atoms with Crippen LogP contribution in [0.15, 0.2) is 53.3 Å². The van der Waals surface area contributed by atoms with E-state index in [1.54, 1.807) is 7.05 Å². The van der Waals surface area contributed by atoms with Gasteiger partial charge < -0.3 is 4.90 Å². The van der Waals surface area contributed by atoms with Crippen molar-refractivity contribution in [1.29, 1.82) is 0 Å². The van der Waals surface area contributed by atoms with E-state index in [0.717, 1.165) is 27.9 Å². The number of hydrogen-bond donors (Lipinski definition) is 0. The summed E-state index contributed by atoms with van der Waals surface area (Å²) < 4.78 is 1.37. The first-order valence-corrected chi connectivity index (χ1v) is 9.08. The highest BCUT2D eigenvalue weighted by atomic mass is 35.5. The quantitative estimate of drug-likeness (QED) is 0.675. The average Bonchev–Trinajstić information content (AvgIpc) is 2.62. The summed E-state index contributed by atoms with van der Waals surface area (Å²) in [6.45, 7) is 4.08. The normalized spacial score (nSPS) is 12.0. The minimum atomic E-state index is -0.0406. The molecule has 138 valence electrons. The molecule has 26 heavy (non-hydrogen) atoms. The average molecular weight is 372 g/mol. The van der Waals surface area contributed by atoms with Gasteiger partial charge in [-0.25, -0.2) is 4.68 Å². The van der Waals surface area contributed by atoms with Crippen molar-refractivity contribution in [2.24, 2.45) is 7.05 Å². The lowest BCUT2D eigenvalue weighted by Gasteiger charge is -2.24. The van der Waals surface area contributed by atoms with Gasteiger partial charge >= 0.3 is 0 Å². The third-order valence-corrected chi connectivity index (χ3v) is 4.76. The van der Waals surface area contributed by atoms with E-state index in [4.69, 9.17) is 11.6 Å². The van der Waals surface area contributed by atoms with Gasteiger partial charge in [-0.1, -0.05) is 54.9 Å². The summed E-state index contributed by atoms with van der Waals surface area (Å²) in [4.78, 5) is 13.8. The maximum atomic E-state index is 11.6. The van der Waals surface area contributed by atoms with Gasteiger partial charge in [-0.15, -0.1) is 0 Å². The van der Waals surface area contributed by atoms with Gasteiger partial charge in [0.15, 0.2) is 0 Å². The highest BCUT2D eigenvalue weighted by molar-refractivity contribution is 6.31. The fraction of sp³-hybridized carbons (Fsp3) is 0.333. The molecule has 2 aromatic carbocycles. The molecule has 0 N–H and O–H groups in total. The zero-order valence-corrected chi connectivity index (χ0v) is 16.8. The Morgan fingerprint density at radius 1 is 1.08 bits per heavy atom. The second-order valence-electron chi connectivity index (χ2n) is 6.47. The molecule has 5 heteroatoms. The van der Waals surface area contributed by atoms with Gasteiger partial charge in [0.05, 0.1) is 11.1 Å². The van der Waals surface area contributed by atoms with Gasteiger partial charge in [0.1, 0.15) is 0 Å². The molecule has 0 saturated carbocycles. The van der Waals surface area contributed by atoms with Crippen LogP contribution < -0.4 is 5.56 Å². The SMILES string of the molecule is CCC(c1ccccc1Cl)N(C)C.Cc1nn(C)c(=O)c2ccccc12. The zero-order chi connectivity index (χ0) is 19.3. The molecule has 0 radical (unpaired) electrons. The third-order valence-electron chi connectivity index (χ3n) is 4.42. The molecule has 0 spiro atoms. The lowest BCUT2D eigenvalue weighted by molar-refractivity contribution is 0.292. The van der Waals surface area contributed by atoms with Crippen LogP contribution in [0.25, 0.3) is 10.8 Å². The Balaban J connectivity index is 0.000000187. The lowest BCUT2D eigenvalue weighted by atomic mass is 10.0. The molecule has 3 rings (SSSR count). The number of nitrogens with zero attached hydrogens (tertiary/aromatic N) is 3. The highest BCUT2D eigenvalue weighted by Gasteiger charge is 2.13. The van der Waals surface area contributed by atoms with Crippen LogP contribution in [0, 0.1) is 6.92 Å². The third kappa shape index (κ3) is 4.51. The van der Waals surface area contributed by atoms with Gasteiger partial charge in [-0.05, 0) is 45.1 Å². The Kier molecular flexibility index (Phi) is 6.95. The number of aromatic nitrogens is 2. The number of hydrogen-bond acceptors (Lipinski definition) is 3. The van der Waals surface area contributed by atoms with E-state index >= 15 is 0 Å². The zero-order valence-electron chi connectivity index (χ0n) is 16.0. The minimum absolute atomic E-state index is 0.0406. The Morgan fingerprint density at radius 2 is 1.65 bits per heavy atom. The van der Waals surface area contributed by atoms with E-state index in [1.807, 2.05) is 49.4 Å². The van der Waals surface area contributed by atoms with Crippen molar-refractivity contribution in [1.82, 2.24) is 14.7 Å². The smallest absolute Gasteiger partial charge is 0.274 e. The number of benzene rings is 2. The summed E-state index contributed by atoms with van der Waals surface area (Å²) in [5.41, 5.74) is 2.07. The van der Waals surface area contributed by atoms with E-state index in [2.05, 4.69) is 37.1 Å². The Hall–Kier alpha value is -2.17. The molecule has 1 heterocycles. The fourth-order valence-electron chi connectivity index (χ4n) is 3.09. The molecular formula is C21H26ClN3O. The second kappa shape index (κ2) is 8.97. The van der Waals surface area contributed by atoms with Crippen LogP contribution in [0.1, 0.15) is 30.6 Å². The van der Waals surface area contributed by atoms with Crippen LogP contribution in [-0.2, 0) is 7.05 Å². The molecule has 0 aliphatic carbocycles. The van der Waals surface area contributed by atoms with Gasteiger partial charge in [0, 0.05) is 23.5 Å². The van der Waals surface area contributed by atoms with Crippen molar-refractivity contribution >= 4 is 22.4 Å². The van der Waals surface area contributed by atoms with Gasteiger partial charge in [-0.3, -0.25) is 4.79 Å². The number of halogens is 1. The van der Waals surface area contributed by atoms with Gasteiger partial charge in [-0.2, -0.15) is 5.10 Å². The van der Waals surface area contributed by atoms with Crippen LogP contribution in [0.5, 0.6) is 0 Å². The predicted octanol–water partition coefficient (Wildman–Crippen LogP) is 4.59. The van der Waals surface area contributed by atoms with Crippen LogP contribution in [0.4, 0.5) is 0 Å². The Labute approximate surface area is 160 Å². The number of fused-ring (bicyclic) bond motifs is 1. The van der Waals surface area contributed by atoms with Crippen molar-refractivity contribution in [3.63, 3.8) is 0 Å². The van der Waals surface area contributed by atoms with Crippen LogP contribution in [-0.4, -0.2) is 28.8 Å². The first-order valence-electron chi connectivity index (χ1n) is 8.70. The first kappa shape index (κ1) is 20.1. The molecule has 3 aromatic rings. The molecule has 0 bridgehead atoms. The van der Waals surface area contributed by atoms with E-state index < -0.39 is 0 Å². The van der Waals surface area contributed by atoms with E-state index in [0.29, 0.717) is 6.04 Å². The van der Waals surface area contributed by atoms with Crippen LogP contribution >= 0.6 is 11.6 Å². The van der Waals surface area contributed by atoms with Crippen molar-refractivity contribution in [3.8, 4) is 0 Å². The molecule has 4 nitrogen and oxygen atoms in total. The molecule has 0 amide bonds. The number of rotatable bonds is 3. The van der Waals surface area contributed by atoms with E-state index in [9.17, 15) is 4.79 Å². The highest BCUT2D eigenvalue weighted by Crippen LogP contribution is 2.27. The van der Waals surface area contributed by atoms with Crippen molar-refractivity contribution in [2.45, 2.75) is 26.3 Å². The summed E-state index contributed by atoms with van der Waals surface area (Å²) in [5.74, 6) is 0. The fourth-order valence-corrected chi connectivity index (χ4v) is 3.35. The maximum Gasteiger partial charge on any atom is 0.274 e.